The van der Waals surface area contributed by atoms with E-state index in [-0.39, 0.29) is 21.7 Å². The molecule has 2 aromatic heterocycles. The maximum Gasteiger partial charge on any atom is 0.0544 e. The lowest BCUT2D eigenvalue weighted by Crippen LogP contribution is -2.42. The van der Waals surface area contributed by atoms with E-state index in [1.165, 1.54) is 99.5 Å². The summed E-state index contributed by atoms with van der Waals surface area (Å²) in [7, 11) is 0. The van der Waals surface area contributed by atoms with Crippen molar-refractivity contribution >= 4 is 43.6 Å². The van der Waals surface area contributed by atoms with Crippen LogP contribution in [0.3, 0.4) is 0 Å². The first-order valence-electron chi connectivity index (χ1n) is 20.3. The zero-order valence-electron chi connectivity index (χ0n) is 33.8. The van der Waals surface area contributed by atoms with Crippen molar-refractivity contribution in [3.05, 3.63) is 168 Å². The molecular formula is C54H48N2. The van der Waals surface area contributed by atoms with Gasteiger partial charge in [0.05, 0.1) is 22.1 Å². The molecular weight excluding hydrogens is 677 g/mol. The summed E-state index contributed by atoms with van der Waals surface area (Å²) < 4.78 is 4.95. The normalized spacial score (nSPS) is 17.1. The van der Waals surface area contributed by atoms with Crippen LogP contribution in [-0.4, -0.2) is 9.13 Å². The van der Waals surface area contributed by atoms with Crippen LogP contribution in [0.1, 0.15) is 77.6 Å². The van der Waals surface area contributed by atoms with Crippen molar-refractivity contribution in [2.24, 2.45) is 5.41 Å². The van der Waals surface area contributed by atoms with Gasteiger partial charge in [-0.05, 0) is 134 Å². The number of para-hydroxylation sites is 2. The van der Waals surface area contributed by atoms with Crippen molar-refractivity contribution in [2.75, 3.05) is 0 Å². The summed E-state index contributed by atoms with van der Waals surface area (Å²) in [4.78, 5) is 0. The lowest BCUT2D eigenvalue weighted by atomic mass is 9.59. The molecule has 9 aromatic rings. The minimum Gasteiger partial charge on any atom is -0.309 e. The standard InChI is InChI=1S/C54H48N2/c1-51(2)43-22-16-15-21-37(43)38-29-41-39-27-33(23-25-47(39)55(49(41)31-44(38)51)35-17-11-9-12-18-35)34-24-26-48-40(28-34)42-30-45-46(53(5,6)54(7,8)52(45,3)4)32-50(42)56(48)36-19-13-10-14-20-36/h9-32H,1-8H3. The Kier molecular flexibility index (Phi) is 6.53. The van der Waals surface area contributed by atoms with Gasteiger partial charge in [0.1, 0.15) is 0 Å². The smallest absolute Gasteiger partial charge is 0.0544 e. The van der Waals surface area contributed by atoms with E-state index in [0.29, 0.717) is 0 Å². The van der Waals surface area contributed by atoms with Gasteiger partial charge in [0.25, 0.3) is 0 Å². The lowest BCUT2D eigenvalue weighted by Gasteiger charge is -2.44. The van der Waals surface area contributed by atoms with Gasteiger partial charge < -0.3 is 9.13 Å². The number of hydrogen-bond acceptors (Lipinski definition) is 0. The molecule has 0 saturated heterocycles. The van der Waals surface area contributed by atoms with Gasteiger partial charge in [-0.2, -0.15) is 0 Å². The average molecular weight is 725 g/mol. The van der Waals surface area contributed by atoms with E-state index in [9.17, 15) is 0 Å². The van der Waals surface area contributed by atoms with E-state index in [0.717, 1.165) is 0 Å². The van der Waals surface area contributed by atoms with Crippen LogP contribution in [0.2, 0.25) is 0 Å². The SMILES string of the molecule is CC1(C)c2ccccc2-c2cc3c4cc(-c5ccc6c(c5)c5cc7c(cc5n6-c5ccccc5)C(C)(C)C(C)(C)C7(C)C)ccc4n(-c4ccccc4)c3cc21. The van der Waals surface area contributed by atoms with Crippen LogP contribution >= 0.6 is 0 Å². The molecule has 0 amide bonds. The van der Waals surface area contributed by atoms with E-state index in [1.54, 1.807) is 0 Å². The zero-order chi connectivity index (χ0) is 38.5. The van der Waals surface area contributed by atoms with Gasteiger partial charge in [-0.3, -0.25) is 0 Å². The minimum atomic E-state index is -0.0710. The number of hydrogen-bond donors (Lipinski definition) is 0. The Hall–Kier alpha value is -5.86. The summed E-state index contributed by atoms with van der Waals surface area (Å²) in [5.74, 6) is 0. The number of aromatic nitrogens is 2. The molecule has 7 aromatic carbocycles. The summed E-state index contributed by atoms with van der Waals surface area (Å²) in [6.45, 7) is 19.4. The fourth-order valence-electron chi connectivity index (χ4n) is 10.8. The highest BCUT2D eigenvalue weighted by atomic mass is 15.0. The van der Waals surface area contributed by atoms with Crippen LogP contribution in [0.5, 0.6) is 0 Å². The van der Waals surface area contributed by atoms with Crippen LogP contribution in [0.4, 0.5) is 0 Å². The highest BCUT2D eigenvalue weighted by molar-refractivity contribution is 6.14. The first-order chi connectivity index (χ1) is 26.8. The second-order valence-electron chi connectivity index (χ2n) is 18.7. The molecule has 274 valence electrons. The van der Waals surface area contributed by atoms with Gasteiger partial charge in [0.2, 0.25) is 0 Å². The summed E-state index contributed by atoms with van der Waals surface area (Å²) in [5, 5.41) is 5.19. The van der Waals surface area contributed by atoms with Crippen molar-refractivity contribution in [1.82, 2.24) is 9.13 Å². The van der Waals surface area contributed by atoms with Crippen molar-refractivity contribution < 1.29 is 0 Å². The van der Waals surface area contributed by atoms with Crippen LogP contribution in [0.25, 0.3) is 77.2 Å². The number of rotatable bonds is 3. The molecule has 56 heavy (non-hydrogen) atoms. The zero-order valence-corrected chi connectivity index (χ0v) is 33.8. The van der Waals surface area contributed by atoms with E-state index >= 15 is 0 Å². The second-order valence-corrected chi connectivity index (χ2v) is 18.7. The van der Waals surface area contributed by atoms with E-state index in [2.05, 4.69) is 210 Å². The molecule has 0 unspecified atom stereocenters. The van der Waals surface area contributed by atoms with Crippen LogP contribution < -0.4 is 0 Å². The van der Waals surface area contributed by atoms with E-state index < -0.39 is 0 Å². The maximum absolute atomic E-state index is 2.54. The second kappa shape index (κ2) is 10.9. The molecule has 2 aliphatic carbocycles. The summed E-state index contributed by atoms with van der Waals surface area (Å²) in [6.07, 6.45) is 0. The monoisotopic (exact) mass is 724 g/mol. The summed E-state index contributed by atoms with van der Waals surface area (Å²) in [6, 6.07) is 55.0. The Morgan fingerprint density at radius 1 is 0.339 bits per heavy atom. The van der Waals surface area contributed by atoms with E-state index in [4.69, 9.17) is 0 Å². The lowest BCUT2D eigenvalue weighted by molar-refractivity contribution is 0.125. The molecule has 0 N–H and O–H groups in total. The molecule has 0 atom stereocenters. The third-order valence-electron chi connectivity index (χ3n) is 15.2. The van der Waals surface area contributed by atoms with Crippen LogP contribution in [0.15, 0.2) is 146 Å². The molecule has 2 heteroatoms. The molecule has 0 saturated carbocycles. The van der Waals surface area contributed by atoms with Crippen LogP contribution in [-0.2, 0) is 16.2 Å². The van der Waals surface area contributed by atoms with Crippen molar-refractivity contribution in [1.29, 1.82) is 0 Å². The molecule has 0 aliphatic heterocycles. The maximum atomic E-state index is 2.54. The topological polar surface area (TPSA) is 9.86 Å². The molecule has 0 spiro atoms. The Labute approximate surface area is 330 Å². The van der Waals surface area contributed by atoms with Gasteiger partial charge >= 0.3 is 0 Å². The fourth-order valence-corrected chi connectivity index (χ4v) is 10.8. The molecule has 0 radical (unpaired) electrons. The summed E-state index contributed by atoms with van der Waals surface area (Å²) >= 11 is 0. The average Bonchev–Trinajstić information content (AvgIpc) is 3.81. The molecule has 0 bridgehead atoms. The third-order valence-corrected chi connectivity index (χ3v) is 15.2. The van der Waals surface area contributed by atoms with Crippen molar-refractivity contribution in [3.63, 3.8) is 0 Å². The van der Waals surface area contributed by atoms with Gasteiger partial charge in [-0.1, -0.05) is 128 Å². The molecule has 0 fully saturated rings. The highest BCUT2D eigenvalue weighted by Crippen LogP contribution is 2.62. The molecule has 11 rings (SSSR count). The predicted octanol–water partition coefficient (Wildman–Crippen LogP) is 14.4. The van der Waals surface area contributed by atoms with Crippen molar-refractivity contribution in [2.45, 2.75) is 71.6 Å². The Balaban J connectivity index is 1.17. The van der Waals surface area contributed by atoms with Crippen LogP contribution in [0, 0.1) is 5.41 Å². The largest absolute Gasteiger partial charge is 0.309 e. The van der Waals surface area contributed by atoms with Gasteiger partial charge in [-0.15, -0.1) is 0 Å². The minimum absolute atomic E-state index is 0.0205. The third kappa shape index (κ3) is 4.12. The summed E-state index contributed by atoms with van der Waals surface area (Å²) in [5.41, 5.74) is 18.4. The first-order valence-corrected chi connectivity index (χ1v) is 20.3. The quantitative estimate of drug-likeness (QED) is 0.172. The van der Waals surface area contributed by atoms with Crippen molar-refractivity contribution in [3.8, 4) is 33.6 Å². The van der Waals surface area contributed by atoms with Gasteiger partial charge in [-0.25, -0.2) is 0 Å². The van der Waals surface area contributed by atoms with E-state index in [1.807, 2.05) is 0 Å². The molecule has 2 nitrogen and oxygen atoms in total. The number of nitrogens with zero attached hydrogens (tertiary/aromatic N) is 2. The first kappa shape index (κ1) is 33.5. The Morgan fingerprint density at radius 3 is 1.34 bits per heavy atom. The number of fused-ring (bicyclic) bond motifs is 10. The fraction of sp³-hybridized carbons (Fsp3) is 0.222. The predicted molar refractivity (Wildman–Crippen MR) is 238 cm³/mol. The number of benzene rings is 7. The Bertz CT molecular complexity index is 3110. The van der Waals surface area contributed by atoms with Gasteiger partial charge in [0.15, 0.2) is 0 Å². The Morgan fingerprint density at radius 2 is 0.786 bits per heavy atom. The molecule has 2 heterocycles. The molecule has 2 aliphatic rings. The highest BCUT2D eigenvalue weighted by Gasteiger charge is 2.57. The van der Waals surface area contributed by atoms with Gasteiger partial charge in [0, 0.05) is 38.3 Å².